The third-order valence-electron chi connectivity index (χ3n) is 6.69. The van der Waals surface area contributed by atoms with Crippen molar-refractivity contribution in [1.29, 1.82) is 0 Å². The van der Waals surface area contributed by atoms with Crippen molar-refractivity contribution < 1.29 is 23.4 Å². The highest BCUT2D eigenvalue weighted by Crippen LogP contribution is 2.62. The number of nitrogens with two attached hydrogens (primary N) is 1. The lowest BCUT2D eigenvalue weighted by molar-refractivity contribution is -0.142. The molecule has 2 atom stereocenters. The van der Waals surface area contributed by atoms with Gasteiger partial charge in [0.05, 0.1) is 22.6 Å². The standard InChI is InChI=1S/C26H38N2O5S2/c1-5-7-13-26(6-2)17-28(19-11-9-8-10-12-19)21-14-23(34-4)22(15-24(21)35(30,31)18-26)33-16-20(27)25(29)32-3/h8-12,14-15,20,30-31H,5-7,13,16-18,27H2,1-4H3/t20-,26-/m1/s1. The molecule has 0 bridgehead atoms. The van der Waals surface area contributed by atoms with Gasteiger partial charge in [0.25, 0.3) is 0 Å². The Morgan fingerprint density at radius 1 is 1.26 bits per heavy atom. The predicted molar refractivity (Wildman–Crippen MR) is 145 cm³/mol. The molecule has 2 aromatic carbocycles. The molecule has 0 saturated carbocycles. The predicted octanol–water partition coefficient (Wildman–Crippen LogP) is 6.14. The number of fused-ring (bicyclic) bond motifs is 1. The molecule has 1 aliphatic rings. The van der Waals surface area contributed by atoms with E-state index in [1.807, 2.05) is 30.5 Å². The second-order valence-electron chi connectivity index (χ2n) is 9.10. The molecule has 3 rings (SSSR count). The Bertz CT molecular complexity index is 1000. The second-order valence-corrected chi connectivity index (χ2v) is 12.0. The Balaban J connectivity index is 2.13. The smallest absolute Gasteiger partial charge is 0.326 e. The molecule has 9 heteroatoms. The van der Waals surface area contributed by atoms with Crippen molar-refractivity contribution in [2.24, 2.45) is 11.1 Å². The van der Waals surface area contributed by atoms with Gasteiger partial charge >= 0.3 is 5.97 Å². The van der Waals surface area contributed by atoms with Gasteiger partial charge in [0.1, 0.15) is 18.4 Å². The largest absolute Gasteiger partial charge is 0.490 e. The molecular formula is C26H38N2O5S2. The Morgan fingerprint density at radius 2 is 1.97 bits per heavy atom. The number of carbonyl (C=O) groups is 1. The SMILES string of the molecule is CCCC[C@]1(CC)CN(c2ccccc2)c2cc(SC)c(OC[C@@H](N)C(=O)OC)cc2S(O)(O)C1. The molecule has 4 N–H and O–H groups in total. The number of hydrogen-bond donors (Lipinski definition) is 3. The minimum Gasteiger partial charge on any atom is -0.490 e. The zero-order chi connectivity index (χ0) is 25.6. The summed E-state index contributed by atoms with van der Waals surface area (Å²) in [5, 5.41) is 0. The quantitative estimate of drug-likeness (QED) is 0.253. The van der Waals surface area contributed by atoms with Crippen molar-refractivity contribution in [3.8, 4) is 5.75 Å². The number of methoxy groups -OCH3 is 1. The van der Waals surface area contributed by atoms with Crippen molar-refractivity contribution in [2.75, 3.05) is 37.2 Å². The van der Waals surface area contributed by atoms with E-state index in [9.17, 15) is 13.9 Å². The molecule has 194 valence electrons. The van der Waals surface area contributed by atoms with Crippen LogP contribution in [0.5, 0.6) is 5.75 Å². The van der Waals surface area contributed by atoms with E-state index in [0.29, 0.717) is 22.9 Å². The van der Waals surface area contributed by atoms with E-state index < -0.39 is 22.6 Å². The number of para-hydroxylation sites is 1. The fourth-order valence-corrected chi connectivity index (χ4v) is 7.38. The van der Waals surface area contributed by atoms with E-state index in [2.05, 4.69) is 30.9 Å². The number of carbonyl (C=O) groups excluding carboxylic acids is 1. The van der Waals surface area contributed by atoms with Gasteiger partial charge in [-0.1, -0.05) is 44.9 Å². The lowest BCUT2D eigenvalue weighted by Crippen LogP contribution is -2.37. The minimum absolute atomic E-state index is 0.0734. The van der Waals surface area contributed by atoms with Crippen molar-refractivity contribution >= 4 is 39.7 Å². The first-order valence-electron chi connectivity index (χ1n) is 12.0. The lowest BCUT2D eigenvalue weighted by Gasteiger charge is -2.41. The fraction of sp³-hybridized carbons (Fsp3) is 0.500. The van der Waals surface area contributed by atoms with E-state index in [-0.39, 0.29) is 12.0 Å². The summed E-state index contributed by atoms with van der Waals surface area (Å²) in [5.74, 6) is 0.210. The molecule has 0 spiro atoms. The summed E-state index contributed by atoms with van der Waals surface area (Å²) in [4.78, 5) is 15.3. The van der Waals surface area contributed by atoms with Gasteiger partial charge in [-0.3, -0.25) is 13.9 Å². The Labute approximate surface area is 214 Å². The number of rotatable bonds is 10. The lowest BCUT2D eigenvalue weighted by atomic mass is 9.81. The highest BCUT2D eigenvalue weighted by atomic mass is 32.3. The maximum absolute atomic E-state index is 11.7. The van der Waals surface area contributed by atoms with E-state index >= 15 is 0 Å². The van der Waals surface area contributed by atoms with E-state index in [4.69, 9.17) is 15.2 Å². The van der Waals surface area contributed by atoms with Gasteiger partial charge in [0.15, 0.2) is 0 Å². The van der Waals surface area contributed by atoms with Crippen LogP contribution in [0, 0.1) is 5.41 Å². The normalized spacial score (nSPS) is 20.9. The summed E-state index contributed by atoms with van der Waals surface area (Å²) in [7, 11) is -1.85. The highest BCUT2D eigenvalue weighted by Gasteiger charge is 2.42. The maximum atomic E-state index is 11.7. The van der Waals surface area contributed by atoms with Crippen LogP contribution in [0.25, 0.3) is 0 Å². The van der Waals surface area contributed by atoms with E-state index in [0.717, 1.165) is 42.0 Å². The number of thioether (sulfide) groups is 1. The second kappa shape index (κ2) is 11.9. The number of nitrogens with zero attached hydrogens (tertiary/aromatic N) is 1. The van der Waals surface area contributed by atoms with Gasteiger partial charge in [0, 0.05) is 29.5 Å². The summed E-state index contributed by atoms with van der Waals surface area (Å²) in [5.41, 5.74) is 7.40. The topological polar surface area (TPSA) is 105 Å². The maximum Gasteiger partial charge on any atom is 0.326 e. The van der Waals surface area contributed by atoms with E-state index in [1.54, 1.807) is 6.07 Å². The van der Waals surface area contributed by atoms with Gasteiger partial charge in [-0.15, -0.1) is 11.8 Å². The number of unbranched alkanes of at least 4 members (excludes halogenated alkanes) is 1. The molecule has 0 radical (unpaired) electrons. The zero-order valence-corrected chi connectivity index (χ0v) is 22.7. The molecule has 35 heavy (non-hydrogen) atoms. The van der Waals surface area contributed by atoms with Gasteiger partial charge in [0.2, 0.25) is 0 Å². The Morgan fingerprint density at radius 3 is 2.57 bits per heavy atom. The fourth-order valence-electron chi connectivity index (χ4n) is 4.58. The Kier molecular flexibility index (Phi) is 9.40. The molecule has 0 unspecified atom stereocenters. The number of ether oxygens (including phenoxy) is 2. The molecule has 7 nitrogen and oxygen atoms in total. The van der Waals surface area contributed by atoms with Crippen molar-refractivity contribution in [2.45, 2.75) is 55.4 Å². The van der Waals surface area contributed by atoms with Gasteiger partial charge in [-0.25, -0.2) is 0 Å². The number of anilines is 2. The van der Waals surface area contributed by atoms with Crippen molar-refractivity contribution in [3.05, 3.63) is 42.5 Å². The summed E-state index contributed by atoms with van der Waals surface area (Å²) in [6.07, 6.45) is 5.77. The van der Waals surface area contributed by atoms with Crippen LogP contribution >= 0.6 is 22.4 Å². The van der Waals surface area contributed by atoms with Gasteiger partial charge < -0.3 is 20.1 Å². The first-order chi connectivity index (χ1) is 16.7. The molecule has 1 heterocycles. The first kappa shape index (κ1) is 27.7. The summed E-state index contributed by atoms with van der Waals surface area (Å²) in [6.45, 7) is 4.92. The number of benzene rings is 2. The average Bonchev–Trinajstić information content (AvgIpc) is 2.97. The summed E-state index contributed by atoms with van der Waals surface area (Å²) >= 11 is 1.50. The Hall–Kier alpha value is -1.91. The number of esters is 1. The molecule has 2 aromatic rings. The van der Waals surface area contributed by atoms with Crippen LogP contribution < -0.4 is 15.4 Å². The molecule has 0 aliphatic carbocycles. The first-order valence-corrected chi connectivity index (χ1v) is 14.9. The molecule has 0 amide bonds. The van der Waals surface area contributed by atoms with Crippen LogP contribution in [-0.2, 0) is 9.53 Å². The molecular weight excluding hydrogens is 484 g/mol. The van der Waals surface area contributed by atoms with Crippen molar-refractivity contribution in [3.63, 3.8) is 0 Å². The third-order valence-corrected chi connectivity index (χ3v) is 9.50. The van der Waals surface area contributed by atoms with Crippen LogP contribution in [-0.4, -0.2) is 53.4 Å². The summed E-state index contributed by atoms with van der Waals surface area (Å²) in [6, 6.07) is 12.8. The average molecular weight is 523 g/mol. The van der Waals surface area contributed by atoms with Gasteiger partial charge in [-0.05, 0) is 37.3 Å². The monoisotopic (exact) mass is 522 g/mol. The highest BCUT2D eigenvalue weighted by molar-refractivity contribution is 8.24. The van der Waals surface area contributed by atoms with Crippen molar-refractivity contribution in [1.82, 2.24) is 0 Å². The molecule has 1 aliphatic heterocycles. The molecule has 0 fully saturated rings. The third kappa shape index (κ3) is 6.27. The van der Waals surface area contributed by atoms with Gasteiger partial charge in [-0.2, -0.15) is 10.6 Å². The van der Waals surface area contributed by atoms with Crippen LogP contribution in [0.4, 0.5) is 11.4 Å². The van der Waals surface area contributed by atoms with Crippen LogP contribution in [0.1, 0.15) is 39.5 Å². The van der Waals surface area contributed by atoms with E-state index in [1.165, 1.54) is 18.9 Å². The molecule has 0 aromatic heterocycles. The number of hydrogen-bond acceptors (Lipinski definition) is 8. The minimum atomic E-state index is -3.13. The molecule has 0 saturated heterocycles. The van der Waals surface area contributed by atoms with Crippen LogP contribution in [0.3, 0.4) is 0 Å². The van der Waals surface area contributed by atoms with Crippen LogP contribution in [0.2, 0.25) is 0 Å². The zero-order valence-electron chi connectivity index (χ0n) is 21.0. The van der Waals surface area contributed by atoms with Crippen LogP contribution in [0.15, 0.2) is 52.3 Å². The summed E-state index contributed by atoms with van der Waals surface area (Å²) < 4.78 is 33.8.